The lowest BCUT2D eigenvalue weighted by molar-refractivity contribution is 0.190. The van der Waals surface area contributed by atoms with Crippen molar-refractivity contribution in [2.75, 3.05) is 12.9 Å². The Morgan fingerprint density at radius 3 is 2.06 bits per heavy atom. The van der Waals surface area contributed by atoms with Gasteiger partial charge in [0.15, 0.2) is 9.84 Å². The maximum absolute atomic E-state index is 11.6. The van der Waals surface area contributed by atoms with Crippen LogP contribution in [0, 0.1) is 12.8 Å². The van der Waals surface area contributed by atoms with Crippen molar-refractivity contribution in [2.24, 2.45) is 5.92 Å². The Morgan fingerprint density at radius 2 is 1.51 bits per heavy atom. The normalized spacial score (nSPS) is 14.5. The molecule has 2 aromatic carbocycles. The van der Waals surface area contributed by atoms with Gasteiger partial charge in [0.2, 0.25) is 0 Å². The lowest BCUT2D eigenvalue weighted by Crippen LogP contribution is -2.09. The molecule has 5 rings (SSSR count). The molecule has 184 valence electrons. The average Bonchev–Trinajstić information content (AvgIpc) is 3.23. The fourth-order valence-corrected chi connectivity index (χ4v) is 5.35. The summed E-state index contributed by atoms with van der Waals surface area (Å²) in [5, 5.41) is 9.28. The van der Waals surface area contributed by atoms with Crippen molar-refractivity contribution >= 4 is 32.5 Å². The van der Waals surface area contributed by atoms with Gasteiger partial charge in [-0.1, -0.05) is 67.3 Å². The molecule has 1 aliphatic carbocycles. The first-order valence-electron chi connectivity index (χ1n) is 11.9. The second-order valence-electron chi connectivity index (χ2n) is 9.26. The summed E-state index contributed by atoms with van der Waals surface area (Å²) >= 11 is 6.42. The van der Waals surface area contributed by atoms with Crippen molar-refractivity contribution < 1.29 is 13.5 Å². The van der Waals surface area contributed by atoms with E-state index in [4.69, 9.17) is 16.7 Å². The number of hydrogen-bond acceptors (Lipinski definition) is 4. The molecule has 0 atom stereocenters. The largest absolute Gasteiger partial charge is 0.396 e. The number of aromatic amines is 1. The van der Waals surface area contributed by atoms with Crippen molar-refractivity contribution in [2.45, 2.75) is 43.9 Å². The van der Waals surface area contributed by atoms with Gasteiger partial charge in [-0.2, -0.15) is 0 Å². The van der Waals surface area contributed by atoms with Gasteiger partial charge in [0.25, 0.3) is 0 Å². The lowest BCUT2D eigenvalue weighted by atomic mass is 9.90. The number of rotatable bonds is 4. The highest BCUT2D eigenvalue weighted by Crippen LogP contribution is 2.31. The molecule has 2 N–H and O–H groups in total. The Balaban J connectivity index is 0.000000308. The van der Waals surface area contributed by atoms with Crippen LogP contribution in [-0.4, -0.2) is 36.4 Å². The predicted molar refractivity (Wildman–Crippen MR) is 143 cm³/mol. The van der Waals surface area contributed by atoms with Gasteiger partial charge in [-0.15, -0.1) is 0 Å². The molecule has 0 amide bonds. The molecule has 35 heavy (non-hydrogen) atoms. The number of sulfone groups is 1. The van der Waals surface area contributed by atoms with Crippen LogP contribution < -0.4 is 0 Å². The summed E-state index contributed by atoms with van der Waals surface area (Å²) < 4.78 is 23.2. The van der Waals surface area contributed by atoms with Crippen molar-refractivity contribution in [3.8, 4) is 22.4 Å². The molecule has 0 bridgehead atoms. The van der Waals surface area contributed by atoms with Crippen molar-refractivity contribution in [1.82, 2.24) is 9.97 Å². The number of halogens is 1. The topological polar surface area (TPSA) is 83.0 Å². The standard InChI is InChI=1S/C21H17ClN2O2S.C7H14O/c1-13-11-19-20(23-13)12-18(22)21(24-19)16-5-3-14(4-6-16)15-7-9-17(10-8-15)27(2,25)26;8-6-7-4-2-1-3-5-7/h3-12,23H,1-2H3;7-8H,1-6H2. The Labute approximate surface area is 212 Å². The number of H-pyrrole nitrogens is 1. The average molecular weight is 511 g/mol. The van der Waals surface area contributed by atoms with E-state index in [0.29, 0.717) is 22.4 Å². The van der Waals surface area contributed by atoms with Crippen LogP contribution in [0.1, 0.15) is 37.8 Å². The number of aliphatic hydroxyl groups excluding tert-OH is 1. The van der Waals surface area contributed by atoms with Gasteiger partial charge < -0.3 is 10.1 Å². The Kier molecular flexibility index (Phi) is 7.95. The molecule has 1 fully saturated rings. The summed E-state index contributed by atoms with van der Waals surface area (Å²) in [4.78, 5) is 8.22. The summed E-state index contributed by atoms with van der Waals surface area (Å²) in [6.45, 7) is 2.40. The van der Waals surface area contributed by atoms with E-state index in [-0.39, 0.29) is 0 Å². The zero-order valence-electron chi connectivity index (χ0n) is 20.1. The van der Waals surface area contributed by atoms with E-state index in [1.54, 1.807) is 12.1 Å². The number of nitrogens with one attached hydrogen (secondary N) is 1. The minimum atomic E-state index is -3.19. The molecule has 0 spiro atoms. The maximum Gasteiger partial charge on any atom is 0.175 e. The Bertz CT molecular complexity index is 1390. The molecule has 0 unspecified atom stereocenters. The minimum absolute atomic E-state index is 0.314. The molecule has 0 saturated heterocycles. The zero-order valence-corrected chi connectivity index (χ0v) is 21.7. The van der Waals surface area contributed by atoms with Crippen LogP contribution in [0.5, 0.6) is 0 Å². The molecular formula is C28H31ClN2O3S. The first kappa shape index (κ1) is 25.4. The third-order valence-electron chi connectivity index (χ3n) is 6.45. The second kappa shape index (κ2) is 10.9. The number of aryl methyl sites for hydroxylation is 1. The molecule has 7 heteroatoms. The molecule has 0 radical (unpaired) electrons. The van der Waals surface area contributed by atoms with E-state index < -0.39 is 9.84 Å². The second-order valence-corrected chi connectivity index (χ2v) is 11.7. The Morgan fingerprint density at radius 1 is 0.943 bits per heavy atom. The third-order valence-corrected chi connectivity index (χ3v) is 7.86. The van der Waals surface area contributed by atoms with Crippen molar-refractivity contribution in [3.63, 3.8) is 0 Å². The van der Waals surface area contributed by atoms with Gasteiger partial charge in [-0.25, -0.2) is 13.4 Å². The van der Waals surface area contributed by atoms with Crippen LogP contribution >= 0.6 is 11.6 Å². The van der Waals surface area contributed by atoms with E-state index in [2.05, 4.69) is 9.97 Å². The van der Waals surface area contributed by atoms with Gasteiger partial charge >= 0.3 is 0 Å². The highest BCUT2D eigenvalue weighted by molar-refractivity contribution is 7.90. The van der Waals surface area contributed by atoms with E-state index in [0.717, 1.165) is 39.1 Å². The minimum Gasteiger partial charge on any atom is -0.396 e. The highest BCUT2D eigenvalue weighted by atomic mass is 35.5. The van der Waals surface area contributed by atoms with Gasteiger partial charge in [0.05, 0.1) is 26.6 Å². The quantitative estimate of drug-likeness (QED) is 0.315. The fraction of sp³-hybridized carbons (Fsp3) is 0.321. The summed E-state index contributed by atoms with van der Waals surface area (Å²) in [6, 6.07) is 18.7. The molecule has 2 aromatic heterocycles. The summed E-state index contributed by atoms with van der Waals surface area (Å²) in [5.74, 6) is 0.642. The zero-order chi connectivity index (χ0) is 25.0. The van der Waals surface area contributed by atoms with Gasteiger partial charge in [-0.05, 0) is 61.1 Å². The number of aromatic nitrogens is 2. The van der Waals surface area contributed by atoms with Gasteiger partial charge in [0.1, 0.15) is 0 Å². The van der Waals surface area contributed by atoms with Crippen LogP contribution in [-0.2, 0) is 9.84 Å². The van der Waals surface area contributed by atoms with E-state index in [9.17, 15) is 8.42 Å². The third kappa shape index (κ3) is 6.31. The van der Waals surface area contributed by atoms with E-state index in [1.165, 1.54) is 38.4 Å². The number of nitrogens with zero attached hydrogens (tertiary/aromatic N) is 1. The molecule has 1 aliphatic rings. The molecule has 2 heterocycles. The first-order valence-corrected chi connectivity index (χ1v) is 14.2. The summed E-state index contributed by atoms with van der Waals surface area (Å²) in [7, 11) is -3.19. The van der Waals surface area contributed by atoms with Gasteiger partial charge in [0, 0.05) is 24.1 Å². The van der Waals surface area contributed by atoms with Crippen LogP contribution in [0.4, 0.5) is 0 Å². The molecular weight excluding hydrogens is 480 g/mol. The van der Waals surface area contributed by atoms with E-state index >= 15 is 0 Å². The van der Waals surface area contributed by atoms with Crippen LogP contribution in [0.2, 0.25) is 5.02 Å². The lowest BCUT2D eigenvalue weighted by Gasteiger charge is -2.18. The monoisotopic (exact) mass is 510 g/mol. The number of benzene rings is 2. The fourth-order valence-electron chi connectivity index (χ4n) is 4.45. The van der Waals surface area contributed by atoms with E-state index in [1.807, 2.05) is 55.5 Å². The maximum atomic E-state index is 11.6. The molecule has 5 nitrogen and oxygen atoms in total. The van der Waals surface area contributed by atoms with Crippen molar-refractivity contribution in [3.05, 3.63) is 71.4 Å². The van der Waals surface area contributed by atoms with Crippen LogP contribution in [0.3, 0.4) is 0 Å². The number of hydrogen-bond donors (Lipinski definition) is 2. The molecule has 0 aliphatic heterocycles. The van der Waals surface area contributed by atoms with Crippen LogP contribution in [0.25, 0.3) is 33.4 Å². The first-order chi connectivity index (χ1) is 16.7. The highest BCUT2D eigenvalue weighted by Gasteiger charge is 2.12. The number of fused-ring (bicyclic) bond motifs is 1. The SMILES string of the molecule is Cc1cc2nc(-c3ccc(-c4ccc(S(C)(=O)=O)cc4)cc3)c(Cl)cc2[nH]1.OCC1CCCCC1. The summed E-state index contributed by atoms with van der Waals surface area (Å²) in [5.41, 5.74) is 6.45. The Hall–Kier alpha value is -2.67. The number of pyridine rings is 1. The number of aliphatic hydroxyl groups is 1. The van der Waals surface area contributed by atoms with Crippen molar-refractivity contribution in [1.29, 1.82) is 0 Å². The smallest absolute Gasteiger partial charge is 0.175 e. The van der Waals surface area contributed by atoms with Crippen LogP contribution in [0.15, 0.2) is 65.6 Å². The van der Waals surface area contributed by atoms with Gasteiger partial charge in [-0.3, -0.25) is 0 Å². The predicted octanol–water partition coefficient (Wildman–Crippen LogP) is 6.82. The summed E-state index contributed by atoms with van der Waals surface area (Å²) in [6.07, 6.45) is 7.79. The molecule has 1 saturated carbocycles. The molecule has 4 aromatic rings.